The molecule has 0 saturated heterocycles. The second-order valence-corrected chi connectivity index (χ2v) is 5.37. The first-order valence-electron chi connectivity index (χ1n) is 6.11. The molecule has 102 valence electrons. The number of aromatic nitrogens is 3. The maximum atomic E-state index is 4.94. The van der Waals surface area contributed by atoms with Crippen molar-refractivity contribution in [2.24, 2.45) is 0 Å². The van der Waals surface area contributed by atoms with Crippen LogP contribution in [0.2, 0.25) is 0 Å². The molecule has 0 aliphatic heterocycles. The van der Waals surface area contributed by atoms with E-state index in [1.165, 1.54) is 4.88 Å². The fourth-order valence-corrected chi connectivity index (χ4v) is 2.55. The molecular formula is C13H18N4OS. The highest BCUT2D eigenvalue weighted by molar-refractivity contribution is 7.09. The molecule has 0 amide bonds. The summed E-state index contributed by atoms with van der Waals surface area (Å²) in [5.41, 5.74) is 4.14. The summed E-state index contributed by atoms with van der Waals surface area (Å²) >= 11 is 1.72. The van der Waals surface area contributed by atoms with Crippen molar-refractivity contribution in [2.45, 2.75) is 19.9 Å². The SMILES string of the molecule is COc1ncc(CN(C)CCc2scnc2C)cn1. The lowest BCUT2D eigenvalue weighted by Crippen LogP contribution is -2.20. The van der Waals surface area contributed by atoms with Gasteiger partial charge in [-0.2, -0.15) is 0 Å². The van der Waals surface area contributed by atoms with Gasteiger partial charge in [0, 0.05) is 35.9 Å². The van der Waals surface area contributed by atoms with Crippen molar-refractivity contribution in [3.8, 4) is 6.01 Å². The van der Waals surface area contributed by atoms with Crippen molar-refractivity contribution >= 4 is 11.3 Å². The Bertz CT molecular complexity index is 512. The predicted molar refractivity (Wildman–Crippen MR) is 75.5 cm³/mol. The van der Waals surface area contributed by atoms with Gasteiger partial charge in [0.25, 0.3) is 0 Å². The number of thiazole rings is 1. The van der Waals surface area contributed by atoms with E-state index in [4.69, 9.17) is 4.74 Å². The molecule has 0 atom stereocenters. The van der Waals surface area contributed by atoms with Gasteiger partial charge >= 0.3 is 6.01 Å². The molecule has 2 aromatic rings. The normalized spacial score (nSPS) is 10.9. The van der Waals surface area contributed by atoms with Crippen LogP contribution in [0.1, 0.15) is 16.1 Å². The van der Waals surface area contributed by atoms with Crippen molar-refractivity contribution in [3.05, 3.63) is 34.0 Å². The van der Waals surface area contributed by atoms with Gasteiger partial charge < -0.3 is 9.64 Å². The minimum Gasteiger partial charge on any atom is -0.467 e. The average molecular weight is 278 g/mol. The van der Waals surface area contributed by atoms with E-state index in [0.29, 0.717) is 6.01 Å². The Morgan fingerprint density at radius 1 is 1.26 bits per heavy atom. The van der Waals surface area contributed by atoms with Crippen LogP contribution >= 0.6 is 11.3 Å². The quantitative estimate of drug-likeness (QED) is 0.808. The molecule has 0 fully saturated rings. The number of aryl methyl sites for hydroxylation is 1. The van der Waals surface area contributed by atoms with Crippen molar-refractivity contribution in [1.29, 1.82) is 0 Å². The molecule has 2 aromatic heterocycles. The van der Waals surface area contributed by atoms with Crippen molar-refractivity contribution in [3.63, 3.8) is 0 Å². The highest BCUT2D eigenvalue weighted by Crippen LogP contribution is 2.13. The van der Waals surface area contributed by atoms with Gasteiger partial charge in [-0.25, -0.2) is 15.0 Å². The number of nitrogens with zero attached hydrogens (tertiary/aromatic N) is 4. The zero-order valence-corrected chi connectivity index (χ0v) is 12.3. The summed E-state index contributed by atoms with van der Waals surface area (Å²) < 4.78 is 4.94. The number of rotatable bonds is 6. The van der Waals surface area contributed by atoms with E-state index in [-0.39, 0.29) is 0 Å². The first kappa shape index (κ1) is 13.9. The van der Waals surface area contributed by atoms with Gasteiger partial charge in [-0.1, -0.05) is 0 Å². The second kappa shape index (κ2) is 6.58. The zero-order chi connectivity index (χ0) is 13.7. The van der Waals surface area contributed by atoms with E-state index in [0.717, 1.165) is 30.8 Å². The van der Waals surface area contributed by atoms with Crippen LogP contribution in [0.25, 0.3) is 0 Å². The largest absolute Gasteiger partial charge is 0.467 e. The van der Waals surface area contributed by atoms with Gasteiger partial charge in [0.15, 0.2) is 0 Å². The molecule has 0 aliphatic rings. The van der Waals surface area contributed by atoms with Crippen LogP contribution in [0.5, 0.6) is 6.01 Å². The van der Waals surface area contributed by atoms with Gasteiger partial charge in [-0.3, -0.25) is 0 Å². The molecule has 0 bridgehead atoms. The van der Waals surface area contributed by atoms with E-state index in [1.807, 2.05) is 5.51 Å². The van der Waals surface area contributed by atoms with E-state index in [1.54, 1.807) is 30.8 Å². The molecule has 2 heterocycles. The lowest BCUT2D eigenvalue weighted by molar-refractivity contribution is 0.329. The van der Waals surface area contributed by atoms with Crippen LogP contribution in [0, 0.1) is 6.92 Å². The summed E-state index contributed by atoms with van der Waals surface area (Å²) in [5, 5.41) is 0. The van der Waals surface area contributed by atoms with E-state index >= 15 is 0 Å². The summed E-state index contributed by atoms with van der Waals surface area (Å²) in [7, 11) is 3.67. The Morgan fingerprint density at radius 2 is 2.00 bits per heavy atom. The van der Waals surface area contributed by atoms with Gasteiger partial charge in [-0.15, -0.1) is 11.3 Å². The molecule has 19 heavy (non-hydrogen) atoms. The molecular weight excluding hydrogens is 260 g/mol. The third-order valence-electron chi connectivity index (χ3n) is 2.88. The molecule has 5 nitrogen and oxygen atoms in total. The third kappa shape index (κ3) is 3.97. The summed E-state index contributed by atoms with van der Waals surface area (Å²) in [4.78, 5) is 16.1. The van der Waals surface area contributed by atoms with Gasteiger partial charge in [0.05, 0.1) is 18.3 Å². The molecule has 2 rings (SSSR count). The smallest absolute Gasteiger partial charge is 0.316 e. The van der Waals surface area contributed by atoms with Crippen molar-refractivity contribution < 1.29 is 4.74 Å². The lowest BCUT2D eigenvalue weighted by Gasteiger charge is -2.15. The maximum Gasteiger partial charge on any atom is 0.316 e. The Hall–Kier alpha value is -1.53. The monoisotopic (exact) mass is 278 g/mol. The van der Waals surface area contributed by atoms with E-state index in [2.05, 4.69) is 33.8 Å². The van der Waals surface area contributed by atoms with Crippen LogP contribution in [-0.4, -0.2) is 40.6 Å². The number of hydrogen-bond donors (Lipinski definition) is 0. The Kier molecular flexibility index (Phi) is 4.81. The van der Waals surface area contributed by atoms with Crippen LogP contribution in [-0.2, 0) is 13.0 Å². The van der Waals surface area contributed by atoms with E-state index in [9.17, 15) is 0 Å². The third-order valence-corrected chi connectivity index (χ3v) is 3.88. The van der Waals surface area contributed by atoms with Gasteiger partial charge in [0.1, 0.15) is 0 Å². The van der Waals surface area contributed by atoms with Crippen molar-refractivity contribution in [2.75, 3.05) is 20.7 Å². The van der Waals surface area contributed by atoms with Gasteiger partial charge in [-0.05, 0) is 20.4 Å². The van der Waals surface area contributed by atoms with Gasteiger partial charge in [0.2, 0.25) is 0 Å². The fourth-order valence-electron chi connectivity index (χ4n) is 1.78. The minimum atomic E-state index is 0.409. The van der Waals surface area contributed by atoms with Crippen LogP contribution < -0.4 is 4.74 Å². The standard InChI is InChI=1S/C13H18N4OS/c1-10-12(19-9-16-10)4-5-17(2)8-11-6-14-13(18-3)15-7-11/h6-7,9H,4-5,8H2,1-3H3. The summed E-state index contributed by atoms with van der Waals surface area (Å²) in [6.45, 7) is 3.89. The molecule has 6 heteroatoms. The molecule has 0 radical (unpaired) electrons. The topological polar surface area (TPSA) is 51.1 Å². The van der Waals surface area contributed by atoms with Crippen LogP contribution in [0.4, 0.5) is 0 Å². The minimum absolute atomic E-state index is 0.409. The van der Waals surface area contributed by atoms with E-state index < -0.39 is 0 Å². The zero-order valence-electron chi connectivity index (χ0n) is 11.5. The summed E-state index contributed by atoms with van der Waals surface area (Å²) in [6.07, 6.45) is 4.64. The number of likely N-dealkylation sites (N-methyl/N-ethyl adjacent to an activating group) is 1. The Labute approximate surface area is 117 Å². The van der Waals surface area contributed by atoms with Crippen molar-refractivity contribution in [1.82, 2.24) is 19.9 Å². The first-order valence-corrected chi connectivity index (χ1v) is 6.99. The molecule has 0 saturated carbocycles. The van der Waals surface area contributed by atoms with Crippen LogP contribution in [0.15, 0.2) is 17.9 Å². The molecule has 0 N–H and O–H groups in total. The average Bonchev–Trinajstić information content (AvgIpc) is 2.83. The molecule has 0 unspecified atom stereocenters. The maximum absolute atomic E-state index is 4.94. The Morgan fingerprint density at radius 3 is 2.58 bits per heavy atom. The Balaban J connectivity index is 1.83. The highest BCUT2D eigenvalue weighted by Gasteiger charge is 2.05. The molecule has 0 spiro atoms. The first-order chi connectivity index (χ1) is 9.19. The second-order valence-electron chi connectivity index (χ2n) is 4.43. The predicted octanol–water partition coefficient (Wildman–Crippen LogP) is 1.92. The summed E-state index contributed by atoms with van der Waals surface area (Å²) in [5.74, 6) is 0. The molecule has 0 aromatic carbocycles. The highest BCUT2D eigenvalue weighted by atomic mass is 32.1. The number of ether oxygens (including phenoxy) is 1. The van der Waals surface area contributed by atoms with Crippen LogP contribution in [0.3, 0.4) is 0 Å². The number of methoxy groups -OCH3 is 1. The summed E-state index contributed by atoms with van der Waals surface area (Å²) in [6, 6.07) is 0.409. The fraction of sp³-hybridized carbons (Fsp3) is 0.462. The number of hydrogen-bond acceptors (Lipinski definition) is 6. The lowest BCUT2D eigenvalue weighted by atomic mass is 10.2. The molecule has 0 aliphatic carbocycles.